The molecule has 0 aliphatic heterocycles. The van der Waals surface area contributed by atoms with Crippen molar-refractivity contribution in [2.75, 3.05) is 5.73 Å². The number of ether oxygens (including phenoxy) is 1. The van der Waals surface area contributed by atoms with Crippen LogP contribution in [0.4, 0.5) is 5.69 Å². The minimum absolute atomic E-state index is 0.336. The van der Waals surface area contributed by atoms with Gasteiger partial charge in [-0.05, 0) is 62.2 Å². The molecule has 0 spiro atoms. The van der Waals surface area contributed by atoms with Crippen molar-refractivity contribution in [3.8, 4) is 5.75 Å². The Balaban J connectivity index is 1.76. The number of hydrogen-bond acceptors (Lipinski definition) is 3. The topological polar surface area (TPSA) is 53.1 Å². The van der Waals surface area contributed by atoms with Crippen LogP contribution in [0.2, 0.25) is 5.02 Å². The first kappa shape index (κ1) is 14.4. The number of aromatic nitrogens is 2. The minimum Gasteiger partial charge on any atom is -0.479 e. The van der Waals surface area contributed by atoms with Crippen molar-refractivity contribution >= 4 is 28.3 Å². The van der Waals surface area contributed by atoms with Crippen LogP contribution in [0.5, 0.6) is 5.75 Å². The maximum Gasteiger partial charge on any atom is 0.167 e. The lowest BCUT2D eigenvalue weighted by atomic mass is 10.2. The van der Waals surface area contributed by atoms with Gasteiger partial charge < -0.3 is 15.0 Å². The molecule has 5 heteroatoms. The van der Waals surface area contributed by atoms with Gasteiger partial charge in [-0.25, -0.2) is 4.98 Å². The third kappa shape index (κ3) is 2.43. The molecule has 0 unspecified atom stereocenters. The van der Waals surface area contributed by atoms with E-state index < -0.39 is 0 Å². The lowest BCUT2D eigenvalue weighted by molar-refractivity contribution is 0.166. The number of halogens is 1. The SMILES string of the molecule is CCn1c(C2(Oc3ccc(N)cc3)CC2)nc2cc(Cl)ccc21. The van der Waals surface area contributed by atoms with Gasteiger partial charge in [-0.15, -0.1) is 0 Å². The van der Waals surface area contributed by atoms with E-state index in [0.29, 0.717) is 5.02 Å². The standard InChI is InChI=1S/C18H18ClN3O/c1-2-22-16-8-3-12(19)11-15(16)21-17(22)18(9-10-18)23-14-6-4-13(20)5-7-14/h3-8,11H,2,9-10,20H2,1H3. The lowest BCUT2D eigenvalue weighted by Gasteiger charge is -2.19. The summed E-state index contributed by atoms with van der Waals surface area (Å²) in [6.07, 6.45) is 1.93. The molecule has 1 fully saturated rings. The fourth-order valence-electron chi connectivity index (χ4n) is 3.02. The first-order valence-corrected chi connectivity index (χ1v) is 8.20. The zero-order chi connectivity index (χ0) is 16.0. The number of rotatable bonds is 4. The highest BCUT2D eigenvalue weighted by molar-refractivity contribution is 6.31. The third-order valence-electron chi connectivity index (χ3n) is 4.33. The molecule has 0 radical (unpaired) electrons. The van der Waals surface area contributed by atoms with Crippen molar-refractivity contribution < 1.29 is 4.74 Å². The second-order valence-corrected chi connectivity index (χ2v) is 6.41. The maximum absolute atomic E-state index is 6.28. The van der Waals surface area contributed by atoms with Gasteiger partial charge in [0.25, 0.3) is 0 Å². The number of anilines is 1. The number of benzene rings is 2. The average Bonchev–Trinajstić information content (AvgIpc) is 3.22. The van der Waals surface area contributed by atoms with Gasteiger partial charge in [-0.2, -0.15) is 0 Å². The van der Waals surface area contributed by atoms with Crippen LogP contribution in [0.3, 0.4) is 0 Å². The van der Waals surface area contributed by atoms with E-state index in [9.17, 15) is 0 Å². The molecule has 23 heavy (non-hydrogen) atoms. The molecule has 2 N–H and O–H groups in total. The van der Waals surface area contributed by atoms with Crippen LogP contribution < -0.4 is 10.5 Å². The van der Waals surface area contributed by atoms with Gasteiger partial charge in [0.1, 0.15) is 5.75 Å². The molecule has 3 aromatic rings. The molecule has 0 bridgehead atoms. The van der Waals surface area contributed by atoms with E-state index in [2.05, 4.69) is 11.5 Å². The van der Waals surface area contributed by atoms with E-state index in [1.807, 2.05) is 42.5 Å². The summed E-state index contributed by atoms with van der Waals surface area (Å²) in [7, 11) is 0. The molecule has 0 atom stereocenters. The molecule has 1 aromatic heterocycles. The van der Waals surface area contributed by atoms with E-state index in [1.54, 1.807) is 0 Å². The Morgan fingerprint density at radius 3 is 2.61 bits per heavy atom. The van der Waals surface area contributed by atoms with Crippen molar-refractivity contribution in [2.24, 2.45) is 0 Å². The Morgan fingerprint density at radius 1 is 1.22 bits per heavy atom. The first-order valence-electron chi connectivity index (χ1n) is 7.82. The fourth-order valence-corrected chi connectivity index (χ4v) is 3.18. The second kappa shape index (κ2) is 5.17. The van der Waals surface area contributed by atoms with Crippen molar-refractivity contribution in [1.82, 2.24) is 9.55 Å². The number of aryl methyl sites for hydroxylation is 1. The zero-order valence-corrected chi connectivity index (χ0v) is 13.7. The van der Waals surface area contributed by atoms with Gasteiger partial charge in [-0.1, -0.05) is 11.6 Å². The molecule has 1 saturated carbocycles. The number of nitrogen functional groups attached to an aromatic ring is 1. The molecule has 0 amide bonds. The number of imidazole rings is 1. The Kier molecular flexibility index (Phi) is 3.23. The molecule has 1 aliphatic rings. The van der Waals surface area contributed by atoms with Crippen LogP contribution in [0.1, 0.15) is 25.6 Å². The summed E-state index contributed by atoms with van der Waals surface area (Å²) in [4.78, 5) is 4.82. The number of nitrogens with two attached hydrogens (primary N) is 1. The second-order valence-electron chi connectivity index (χ2n) is 5.98. The first-order chi connectivity index (χ1) is 11.1. The van der Waals surface area contributed by atoms with Crippen molar-refractivity contribution in [2.45, 2.75) is 31.9 Å². The predicted molar refractivity (Wildman–Crippen MR) is 92.8 cm³/mol. The maximum atomic E-state index is 6.28. The summed E-state index contributed by atoms with van der Waals surface area (Å²) >= 11 is 6.11. The normalized spacial score (nSPS) is 15.7. The molecule has 0 saturated heterocycles. The average molecular weight is 328 g/mol. The van der Waals surface area contributed by atoms with Gasteiger partial charge in [0.2, 0.25) is 0 Å². The van der Waals surface area contributed by atoms with Crippen molar-refractivity contribution in [1.29, 1.82) is 0 Å². The number of nitrogens with zero attached hydrogens (tertiary/aromatic N) is 2. The highest BCUT2D eigenvalue weighted by Crippen LogP contribution is 2.49. The van der Waals surface area contributed by atoms with E-state index in [0.717, 1.165) is 47.7 Å². The van der Waals surface area contributed by atoms with Crippen LogP contribution >= 0.6 is 11.6 Å². The molecular weight excluding hydrogens is 310 g/mol. The Bertz CT molecular complexity index is 866. The van der Waals surface area contributed by atoms with Crippen LogP contribution in [-0.4, -0.2) is 9.55 Å². The predicted octanol–water partition coefficient (Wildman–Crippen LogP) is 4.36. The van der Waals surface area contributed by atoms with Crippen LogP contribution in [-0.2, 0) is 12.1 Å². The number of fused-ring (bicyclic) bond motifs is 1. The monoisotopic (exact) mass is 327 g/mol. The minimum atomic E-state index is -0.336. The van der Waals surface area contributed by atoms with Crippen molar-refractivity contribution in [3.63, 3.8) is 0 Å². The Morgan fingerprint density at radius 2 is 1.96 bits per heavy atom. The highest BCUT2D eigenvalue weighted by Gasteiger charge is 2.51. The summed E-state index contributed by atoms with van der Waals surface area (Å²) in [5.41, 5.74) is 8.16. The van der Waals surface area contributed by atoms with Gasteiger partial charge in [0, 0.05) is 17.3 Å². The molecular formula is C18H18ClN3O. The summed E-state index contributed by atoms with van der Waals surface area (Å²) in [6.45, 7) is 2.97. The molecule has 4 nitrogen and oxygen atoms in total. The smallest absolute Gasteiger partial charge is 0.167 e. The molecule has 2 aromatic carbocycles. The summed E-state index contributed by atoms with van der Waals surface area (Å²) < 4.78 is 8.50. The summed E-state index contributed by atoms with van der Waals surface area (Å²) in [5, 5.41) is 0.703. The number of hydrogen-bond donors (Lipinski definition) is 1. The largest absolute Gasteiger partial charge is 0.479 e. The van der Waals surface area contributed by atoms with E-state index in [-0.39, 0.29) is 5.60 Å². The summed E-state index contributed by atoms with van der Waals surface area (Å²) in [6, 6.07) is 13.4. The Hall–Kier alpha value is -2.20. The van der Waals surface area contributed by atoms with Gasteiger partial charge in [0.05, 0.1) is 11.0 Å². The molecule has 1 aliphatic carbocycles. The quantitative estimate of drug-likeness (QED) is 0.724. The van der Waals surface area contributed by atoms with E-state index in [1.165, 1.54) is 0 Å². The molecule has 4 rings (SSSR count). The highest BCUT2D eigenvalue weighted by atomic mass is 35.5. The van der Waals surface area contributed by atoms with E-state index in [4.69, 9.17) is 27.1 Å². The Labute approximate surface area is 139 Å². The van der Waals surface area contributed by atoms with Crippen molar-refractivity contribution in [3.05, 3.63) is 53.3 Å². The van der Waals surface area contributed by atoms with Crippen LogP contribution in [0, 0.1) is 0 Å². The molecule has 118 valence electrons. The third-order valence-corrected chi connectivity index (χ3v) is 4.57. The van der Waals surface area contributed by atoms with Gasteiger partial charge >= 0.3 is 0 Å². The lowest BCUT2D eigenvalue weighted by Crippen LogP contribution is -2.21. The molecule has 1 heterocycles. The van der Waals surface area contributed by atoms with Gasteiger partial charge in [0.15, 0.2) is 11.4 Å². The fraction of sp³-hybridized carbons (Fsp3) is 0.278. The zero-order valence-electron chi connectivity index (χ0n) is 12.9. The van der Waals surface area contributed by atoms with Crippen LogP contribution in [0.15, 0.2) is 42.5 Å². The summed E-state index contributed by atoms with van der Waals surface area (Å²) in [5.74, 6) is 1.80. The van der Waals surface area contributed by atoms with E-state index >= 15 is 0 Å². The van der Waals surface area contributed by atoms with Crippen LogP contribution in [0.25, 0.3) is 11.0 Å². The van der Waals surface area contributed by atoms with Gasteiger partial charge in [-0.3, -0.25) is 0 Å².